The maximum absolute atomic E-state index is 12.7. The first kappa shape index (κ1) is 13.6. The normalized spacial score (nSPS) is 35.6. The fraction of sp³-hybridized carbons (Fsp3) is 0.800. The minimum absolute atomic E-state index is 0.00983. The van der Waals surface area contributed by atoms with Gasteiger partial charge in [0.05, 0.1) is 0 Å². The molecule has 3 nitrogen and oxygen atoms in total. The number of nitrogens with zero attached hydrogens (tertiary/aromatic N) is 1. The molecule has 1 aliphatic heterocycles. The number of hydrogen-bond acceptors (Lipinski definition) is 2. The fourth-order valence-electron chi connectivity index (χ4n) is 3.35. The van der Waals surface area contributed by atoms with Crippen LogP contribution in [0.3, 0.4) is 0 Å². The van der Waals surface area contributed by atoms with Crippen LogP contribution in [0.5, 0.6) is 0 Å². The molecular formula is C15H26N2O. The third kappa shape index (κ3) is 2.33. The van der Waals surface area contributed by atoms with E-state index in [9.17, 15) is 4.79 Å². The van der Waals surface area contributed by atoms with Gasteiger partial charge in [0.1, 0.15) is 0 Å². The smallest absolute Gasteiger partial charge is 0.226 e. The van der Waals surface area contributed by atoms with Crippen molar-refractivity contribution in [2.24, 2.45) is 23.0 Å². The molecule has 2 rings (SSSR count). The van der Waals surface area contributed by atoms with Crippen LogP contribution in [0.2, 0.25) is 0 Å². The number of amides is 1. The number of nitrogens with two attached hydrogens (primary N) is 1. The zero-order chi connectivity index (χ0) is 13.3. The third-order valence-electron chi connectivity index (χ3n) is 5.17. The summed E-state index contributed by atoms with van der Waals surface area (Å²) in [7, 11) is 0. The van der Waals surface area contributed by atoms with Gasteiger partial charge in [-0.05, 0) is 30.6 Å². The van der Waals surface area contributed by atoms with E-state index in [2.05, 4.69) is 32.9 Å². The van der Waals surface area contributed by atoms with Crippen LogP contribution in [0.25, 0.3) is 0 Å². The van der Waals surface area contributed by atoms with Crippen LogP contribution >= 0.6 is 0 Å². The molecule has 1 heterocycles. The summed E-state index contributed by atoms with van der Waals surface area (Å²) in [6, 6.07) is 0.241. The van der Waals surface area contributed by atoms with Gasteiger partial charge in [0.15, 0.2) is 0 Å². The van der Waals surface area contributed by atoms with E-state index in [-0.39, 0.29) is 17.4 Å². The van der Waals surface area contributed by atoms with Gasteiger partial charge in [-0.3, -0.25) is 4.79 Å². The molecule has 102 valence electrons. The lowest BCUT2D eigenvalue weighted by atomic mass is 9.60. The minimum Gasteiger partial charge on any atom is -0.338 e. The first-order valence-electron chi connectivity index (χ1n) is 7.14. The van der Waals surface area contributed by atoms with E-state index in [0.717, 1.165) is 32.4 Å². The number of carbonyl (C=O) groups excluding carboxylic acids is 1. The fourth-order valence-corrected chi connectivity index (χ4v) is 3.35. The zero-order valence-electron chi connectivity index (χ0n) is 11.9. The lowest BCUT2D eigenvalue weighted by Gasteiger charge is -2.47. The quantitative estimate of drug-likeness (QED) is 0.725. The van der Waals surface area contributed by atoms with E-state index in [1.807, 2.05) is 4.90 Å². The SMILES string of the molecule is CC1C(N)CCC(C(=O)N2CC=CCC2)C1(C)C. The van der Waals surface area contributed by atoms with Crippen molar-refractivity contribution in [3.05, 3.63) is 12.2 Å². The topological polar surface area (TPSA) is 46.3 Å². The van der Waals surface area contributed by atoms with Crippen LogP contribution in [0, 0.1) is 17.3 Å². The Balaban J connectivity index is 2.12. The first-order chi connectivity index (χ1) is 8.44. The Labute approximate surface area is 110 Å². The van der Waals surface area contributed by atoms with Crippen molar-refractivity contribution in [2.75, 3.05) is 13.1 Å². The van der Waals surface area contributed by atoms with E-state index >= 15 is 0 Å². The van der Waals surface area contributed by atoms with Crippen molar-refractivity contribution in [2.45, 2.75) is 46.1 Å². The van der Waals surface area contributed by atoms with Crippen LogP contribution in [0.15, 0.2) is 12.2 Å². The highest BCUT2D eigenvalue weighted by Crippen LogP contribution is 2.45. The molecule has 0 radical (unpaired) electrons. The van der Waals surface area contributed by atoms with Crippen LogP contribution in [-0.2, 0) is 4.79 Å². The van der Waals surface area contributed by atoms with E-state index in [0.29, 0.717) is 11.8 Å². The Hall–Kier alpha value is -0.830. The Morgan fingerprint density at radius 2 is 2.06 bits per heavy atom. The van der Waals surface area contributed by atoms with Crippen molar-refractivity contribution in [3.63, 3.8) is 0 Å². The number of hydrogen-bond donors (Lipinski definition) is 1. The lowest BCUT2D eigenvalue weighted by Crippen LogP contribution is -2.52. The van der Waals surface area contributed by atoms with Gasteiger partial charge in [0, 0.05) is 25.0 Å². The van der Waals surface area contributed by atoms with E-state index in [4.69, 9.17) is 5.73 Å². The second-order valence-corrected chi connectivity index (χ2v) is 6.45. The van der Waals surface area contributed by atoms with E-state index in [1.165, 1.54) is 0 Å². The molecule has 1 amide bonds. The van der Waals surface area contributed by atoms with Gasteiger partial charge < -0.3 is 10.6 Å². The minimum atomic E-state index is 0.00983. The van der Waals surface area contributed by atoms with Gasteiger partial charge in [-0.1, -0.05) is 32.9 Å². The summed E-state index contributed by atoms with van der Waals surface area (Å²) in [4.78, 5) is 14.7. The van der Waals surface area contributed by atoms with Crippen molar-refractivity contribution in [3.8, 4) is 0 Å². The Morgan fingerprint density at radius 1 is 1.33 bits per heavy atom. The average molecular weight is 250 g/mol. The summed E-state index contributed by atoms with van der Waals surface area (Å²) < 4.78 is 0. The first-order valence-corrected chi connectivity index (χ1v) is 7.14. The summed E-state index contributed by atoms with van der Waals surface area (Å²) in [5.41, 5.74) is 6.17. The highest BCUT2D eigenvalue weighted by molar-refractivity contribution is 5.80. The Kier molecular flexibility index (Phi) is 3.81. The molecule has 18 heavy (non-hydrogen) atoms. The molecule has 3 atom stereocenters. The van der Waals surface area contributed by atoms with E-state index in [1.54, 1.807) is 0 Å². The molecule has 0 aromatic rings. The summed E-state index contributed by atoms with van der Waals surface area (Å²) in [5, 5.41) is 0. The van der Waals surface area contributed by atoms with E-state index < -0.39 is 0 Å². The molecule has 3 unspecified atom stereocenters. The molecule has 0 aromatic heterocycles. The molecule has 1 fully saturated rings. The largest absolute Gasteiger partial charge is 0.338 e. The summed E-state index contributed by atoms with van der Waals surface area (Å²) >= 11 is 0. The molecule has 0 spiro atoms. The average Bonchev–Trinajstić information content (AvgIpc) is 2.36. The molecule has 1 aliphatic carbocycles. The van der Waals surface area contributed by atoms with Gasteiger partial charge >= 0.3 is 0 Å². The molecule has 0 bridgehead atoms. The van der Waals surface area contributed by atoms with Crippen LogP contribution in [-0.4, -0.2) is 29.9 Å². The number of rotatable bonds is 1. The predicted molar refractivity (Wildman–Crippen MR) is 74.0 cm³/mol. The van der Waals surface area contributed by atoms with Crippen LogP contribution in [0.1, 0.15) is 40.0 Å². The van der Waals surface area contributed by atoms with Gasteiger partial charge in [0.2, 0.25) is 5.91 Å². The third-order valence-corrected chi connectivity index (χ3v) is 5.17. The molecule has 2 N–H and O–H groups in total. The molecular weight excluding hydrogens is 224 g/mol. The second-order valence-electron chi connectivity index (χ2n) is 6.45. The second kappa shape index (κ2) is 5.04. The monoisotopic (exact) mass is 250 g/mol. The highest BCUT2D eigenvalue weighted by Gasteiger charge is 2.46. The standard InChI is InChI=1S/C15H26N2O/c1-11-13(16)8-7-12(15(11,2)3)14(18)17-9-5-4-6-10-17/h4-5,11-13H,6-10,16H2,1-3H3. The van der Waals surface area contributed by atoms with Crippen molar-refractivity contribution in [1.82, 2.24) is 4.90 Å². The predicted octanol–water partition coefficient (Wildman–Crippen LogP) is 2.17. The van der Waals surface area contributed by atoms with Gasteiger partial charge in [-0.15, -0.1) is 0 Å². The summed E-state index contributed by atoms with van der Waals surface area (Å²) in [6.07, 6.45) is 7.18. The lowest BCUT2D eigenvalue weighted by molar-refractivity contribution is -0.143. The molecule has 0 aromatic carbocycles. The Bertz CT molecular complexity index is 348. The molecule has 0 saturated heterocycles. The van der Waals surface area contributed by atoms with Crippen molar-refractivity contribution in [1.29, 1.82) is 0 Å². The molecule has 2 aliphatic rings. The summed E-state index contributed by atoms with van der Waals surface area (Å²) in [6.45, 7) is 8.27. The maximum atomic E-state index is 12.7. The Morgan fingerprint density at radius 3 is 2.67 bits per heavy atom. The van der Waals surface area contributed by atoms with Crippen LogP contribution < -0.4 is 5.73 Å². The maximum Gasteiger partial charge on any atom is 0.226 e. The number of carbonyl (C=O) groups is 1. The van der Waals surface area contributed by atoms with Crippen molar-refractivity contribution < 1.29 is 4.79 Å². The zero-order valence-corrected chi connectivity index (χ0v) is 11.9. The molecule has 1 saturated carbocycles. The van der Waals surface area contributed by atoms with Gasteiger partial charge in [-0.2, -0.15) is 0 Å². The van der Waals surface area contributed by atoms with Gasteiger partial charge in [-0.25, -0.2) is 0 Å². The van der Waals surface area contributed by atoms with Crippen LogP contribution in [0.4, 0.5) is 0 Å². The van der Waals surface area contributed by atoms with Gasteiger partial charge in [0.25, 0.3) is 0 Å². The summed E-state index contributed by atoms with van der Waals surface area (Å²) in [5.74, 6) is 0.877. The highest BCUT2D eigenvalue weighted by atomic mass is 16.2. The molecule has 3 heteroatoms. The van der Waals surface area contributed by atoms with Crippen molar-refractivity contribution >= 4 is 5.91 Å².